The van der Waals surface area contributed by atoms with Gasteiger partial charge in [-0.05, 0) is 61.8 Å². The van der Waals surface area contributed by atoms with Crippen molar-refractivity contribution >= 4 is 45.1 Å². The van der Waals surface area contributed by atoms with Crippen molar-refractivity contribution in [1.29, 1.82) is 0 Å². The molecule has 0 spiro atoms. The summed E-state index contributed by atoms with van der Waals surface area (Å²) in [7, 11) is -0.546. The fraction of sp³-hybridized carbons (Fsp3) is 0.417. The molecule has 1 fully saturated rings. The molecule has 0 bridgehead atoms. The van der Waals surface area contributed by atoms with Crippen LogP contribution in [0, 0.1) is 5.92 Å². The summed E-state index contributed by atoms with van der Waals surface area (Å²) in [5, 5.41) is 9.50. The zero-order chi connectivity index (χ0) is 26.1. The number of alkyl halides is 3. The molecule has 3 aromatic rings. The number of primary sulfonamides is 1. The monoisotopic (exact) mass is 559 g/mol. The molecule has 1 aliphatic carbocycles. The van der Waals surface area contributed by atoms with E-state index in [4.69, 9.17) is 5.14 Å². The van der Waals surface area contributed by atoms with Gasteiger partial charge in [-0.15, -0.1) is 25.6 Å². The number of nitrogens with two attached hydrogens (primary N) is 1. The van der Waals surface area contributed by atoms with Crippen LogP contribution in [0.5, 0.6) is 5.75 Å². The third kappa shape index (κ3) is 7.14. The maximum Gasteiger partial charge on any atom is 0.573 e. The highest BCUT2D eigenvalue weighted by molar-refractivity contribution is 7.89. The summed E-state index contributed by atoms with van der Waals surface area (Å²) in [5.41, 5.74) is 1.00. The van der Waals surface area contributed by atoms with Crippen molar-refractivity contribution in [2.24, 2.45) is 11.1 Å². The Balaban J connectivity index is 0.00000380. The molecule has 37 heavy (non-hydrogen) atoms. The first-order valence-corrected chi connectivity index (χ1v) is 13.1. The molecule has 1 aromatic heterocycles. The molecule has 1 saturated carbocycles. The molecular formula is C24H29ClF3N5O3S. The Hall–Kier alpha value is -2.83. The molecule has 0 unspecified atom stereocenters. The first-order valence-electron chi connectivity index (χ1n) is 11.5. The zero-order valence-corrected chi connectivity index (χ0v) is 22.0. The molecule has 0 saturated heterocycles. The van der Waals surface area contributed by atoms with E-state index in [9.17, 15) is 21.6 Å². The van der Waals surface area contributed by atoms with E-state index in [-0.39, 0.29) is 36.4 Å². The van der Waals surface area contributed by atoms with E-state index in [1.54, 1.807) is 0 Å². The normalized spacial score (nSPS) is 18.2. The van der Waals surface area contributed by atoms with E-state index in [0.29, 0.717) is 5.95 Å². The molecule has 0 radical (unpaired) electrons. The van der Waals surface area contributed by atoms with E-state index in [2.05, 4.69) is 20.0 Å². The number of nitrogens with one attached hydrogen (secondary N) is 1. The van der Waals surface area contributed by atoms with Gasteiger partial charge in [0.05, 0.1) is 5.52 Å². The van der Waals surface area contributed by atoms with E-state index < -0.39 is 27.0 Å². The van der Waals surface area contributed by atoms with Crippen molar-refractivity contribution in [3.63, 3.8) is 0 Å². The minimum Gasteiger partial charge on any atom is -0.404 e. The molecule has 0 amide bonds. The van der Waals surface area contributed by atoms with Gasteiger partial charge in [-0.1, -0.05) is 24.3 Å². The molecule has 0 atom stereocenters. The van der Waals surface area contributed by atoms with Crippen LogP contribution in [-0.4, -0.2) is 44.9 Å². The van der Waals surface area contributed by atoms with Crippen LogP contribution in [0.2, 0.25) is 0 Å². The number of anilines is 2. The van der Waals surface area contributed by atoms with Crippen molar-refractivity contribution in [3.8, 4) is 5.75 Å². The number of benzene rings is 2. The number of aromatic nitrogens is 2. The van der Waals surface area contributed by atoms with Crippen LogP contribution in [0.3, 0.4) is 0 Å². The van der Waals surface area contributed by atoms with Crippen molar-refractivity contribution in [2.45, 2.75) is 49.4 Å². The lowest BCUT2D eigenvalue weighted by Crippen LogP contribution is -2.28. The fourth-order valence-electron chi connectivity index (χ4n) is 4.65. The summed E-state index contributed by atoms with van der Waals surface area (Å²) in [6.45, 7) is 0. The molecule has 13 heteroatoms. The van der Waals surface area contributed by atoms with Crippen LogP contribution in [0.25, 0.3) is 10.9 Å². The molecule has 202 valence electrons. The minimum absolute atomic E-state index is 0. The summed E-state index contributed by atoms with van der Waals surface area (Å²) >= 11 is 0. The average molecular weight is 560 g/mol. The predicted octanol–water partition coefficient (Wildman–Crippen LogP) is 4.88. The lowest BCUT2D eigenvalue weighted by atomic mass is 9.82. The lowest BCUT2D eigenvalue weighted by molar-refractivity contribution is -0.275. The second kappa shape index (κ2) is 11.3. The van der Waals surface area contributed by atoms with E-state index in [1.165, 1.54) is 12.1 Å². The number of fused-ring (bicyclic) bond motifs is 1. The number of para-hydroxylation sites is 2. The minimum atomic E-state index is -5.04. The molecule has 2 aromatic carbocycles. The Bertz CT molecular complexity index is 1350. The summed E-state index contributed by atoms with van der Waals surface area (Å²) < 4.78 is 66.9. The number of hydrogen-bond donors (Lipinski definition) is 2. The fourth-order valence-corrected chi connectivity index (χ4v) is 5.35. The molecule has 0 aliphatic heterocycles. The highest BCUT2D eigenvalue weighted by Crippen LogP contribution is 2.37. The third-order valence-electron chi connectivity index (χ3n) is 6.28. The number of ether oxygens (including phenoxy) is 1. The third-order valence-corrected chi connectivity index (χ3v) is 7.21. The molecule has 8 nitrogen and oxygen atoms in total. The van der Waals surface area contributed by atoms with Gasteiger partial charge in [0.15, 0.2) is 5.75 Å². The van der Waals surface area contributed by atoms with Gasteiger partial charge in [-0.2, -0.15) is 4.98 Å². The largest absolute Gasteiger partial charge is 0.573 e. The van der Waals surface area contributed by atoms with Crippen LogP contribution in [0.15, 0.2) is 47.4 Å². The molecule has 1 heterocycles. The number of hydrogen-bond acceptors (Lipinski definition) is 7. The van der Waals surface area contributed by atoms with Crippen LogP contribution in [-0.2, 0) is 16.4 Å². The summed E-state index contributed by atoms with van der Waals surface area (Å²) in [4.78, 5) is 10.6. The van der Waals surface area contributed by atoms with Crippen LogP contribution in [0.1, 0.15) is 31.2 Å². The maximum atomic E-state index is 13.0. The van der Waals surface area contributed by atoms with Gasteiger partial charge >= 0.3 is 6.36 Å². The number of nitrogens with zero attached hydrogens (tertiary/aromatic N) is 3. The second-order valence-corrected chi connectivity index (χ2v) is 10.7. The van der Waals surface area contributed by atoms with Crippen molar-refractivity contribution in [3.05, 3.63) is 48.0 Å². The van der Waals surface area contributed by atoms with Crippen LogP contribution < -0.4 is 20.1 Å². The standard InChI is InChI=1S/C24H28F3N5O3S.ClH/c1-32(2)22-18-7-3-4-8-19(18)30-23(31-22)29-17-12-10-15(11-13-17)14-16-6-5-9-20(36(28,33)34)21(16)35-24(25,26)27;/h3-9,15,17H,10-14H2,1-2H3,(H2,28,33,34)(H,29,30,31);1H. The number of sulfonamides is 1. The van der Waals surface area contributed by atoms with E-state index >= 15 is 0 Å². The smallest absolute Gasteiger partial charge is 0.404 e. The molecule has 1 aliphatic rings. The summed E-state index contributed by atoms with van der Waals surface area (Å²) in [5.74, 6) is 0.657. The van der Waals surface area contributed by atoms with E-state index in [1.807, 2.05) is 43.3 Å². The van der Waals surface area contributed by atoms with Gasteiger partial charge in [0.2, 0.25) is 16.0 Å². The first kappa shape index (κ1) is 28.7. The Labute approximate surface area is 219 Å². The SMILES string of the molecule is CN(C)c1nc(NC2CCC(Cc3cccc(S(N)(=O)=O)c3OC(F)(F)F)CC2)nc2ccccc12.Cl. The van der Waals surface area contributed by atoms with Gasteiger partial charge in [0.25, 0.3) is 0 Å². The predicted molar refractivity (Wildman–Crippen MR) is 139 cm³/mol. The Kier molecular flexibility index (Phi) is 8.76. The number of rotatable bonds is 7. The maximum absolute atomic E-state index is 13.0. The molecule has 4 rings (SSSR count). The average Bonchev–Trinajstić information content (AvgIpc) is 2.79. The van der Waals surface area contributed by atoms with Gasteiger partial charge in [0, 0.05) is 25.5 Å². The second-order valence-electron chi connectivity index (χ2n) is 9.19. The summed E-state index contributed by atoms with van der Waals surface area (Å²) in [6, 6.07) is 11.7. The number of halogens is 4. The lowest BCUT2D eigenvalue weighted by Gasteiger charge is -2.30. The van der Waals surface area contributed by atoms with Crippen molar-refractivity contribution in [1.82, 2.24) is 9.97 Å². The zero-order valence-electron chi connectivity index (χ0n) is 20.3. The first-order chi connectivity index (χ1) is 16.9. The van der Waals surface area contributed by atoms with Gasteiger partial charge < -0.3 is 15.0 Å². The Morgan fingerprint density at radius 2 is 1.73 bits per heavy atom. The van der Waals surface area contributed by atoms with Gasteiger partial charge in [-0.3, -0.25) is 0 Å². The van der Waals surface area contributed by atoms with E-state index in [0.717, 1.165) is 48.5 Å². The van der Waals surface area contributed by atoms with Gasteiger partial charge in [-0.25, -0.2) is 18.5 Å². The topological polar surface area (TPSA) is 110 Å². The highest BCUT2D eigenvalue weighted by Gasteiger charge is 2.35. The quantitative estimate of drug-likeness (QED) is 0.424. The molecular weight excluding hydrogens is 531 g/mol. The van der Waals surface area contributed by atoms with Crippen molar-refractivity contribution in [2.75, 3.05) is 24.3 Å². The Morgan fingerprint density at radius 1 is 1.05 bits per heavy atom. The van der Waals surface area contributed by atoms with Crippen molar-refractivity contribution < 1.29 is 26.3 Å². The van der Waals surface area contributed by atoms with Gasteiger partial charge in [0.1, 0.15) is 10.7 Å². The Morgan fingerprint density at radius 3 is 2.35 bits per heavy atom. The van der Waals surface area contributed by atoms with Crippen LogP contribution in [0.4, 0.5) is 24.9 Å². The molecule has 3 N–H and O–H groups in total. The highest BCUT2D eigenvalue weighted by atomic mass is 35.5. The van der Waals surface area contributed by atoms with Crippen LogP contribution >= 0.6 is 12.4 Å². The summed E-state index contributed by atoms with van der Waals surface area (Å²) in [6.07, 6.45) is -1.79.